The smallest absolute Gasteiger partial charge is 0.366 e. The molecule has 0 spiro atoms. The molecule has 0 aliphatic heterocycles. The first kappa shape index (κ1) is 20.4. The summed E-state index contributed by atoms with van der Waals surface area (Å²) in [5, 5.41) is 3.14. The number of anilines is 2. The van der Waals surface area contributed by atoms with Gasteiger partial charge in [-0.25, -0.2) is 4.99 Å². The zero-order chi connectivity index (χ0) is 19.5. The fourth-order valence-corrected chi connectivity index (χ4v) is 2.53. The lowest BCUT2D eigenvalue weighted by molar-refractivity contribution is -0.136. The van der Waals surface area contributed by atoms with Crippen LogP contribution in [0.25, 0.3) is 0 Å². The third-order valence-electron chi connectivity index (χ3n) is 3.74. The van der Waals surface area contributed by atoms with Gasteiger partial charge in [-0.2, -0.15) is 13.2 Å². The Morgan fingerprint density at radius 2 is 1.85 bits per heavy atom. The van der Waals surface area contributed by atoms with Crippen LogP contribution in [0.15, 0.2) is 35.3 Å². The van der Waals surface area contributed by atoms with Crippen LogP contribution in [0, 0.1) is 6.92 Å². The Kier molecular flexibility index (Phi) is 6.42. The van der Waals surface area contributed by atoms with Crippen molar-refractivity contribution in [3.8, 4) is 0 Å². The van der Waals surface area contributed by atoms with E-state index in [-0.39, 0.29) is 10.7 Å². The lowest BCUT2D eigenvalue weighted by Gasteiger charge is -2.17. The molecular formula is C18H18Cl2F3N3. The second-order valence-corrected chi connectivity index (χ2v) is 6.59. The Balaban J connectivity index is 2.37. The summed E-state index contributed by atoms with van der Waals surface area (Å²) in [5.74, 6) is 0. The monoisotopic (exact) mass is 403 g/mol. The minimum Gasteiger partial charge on any atom is -0.366 e. The van der Waals surface area contributed by atoms with Crippen molar-refractivity contribution in [2.24, 2.45) is 4.99 Å². The first-order valence-corrected chi connectivity index (χ1v) is 8.55. The molecule has 8 heteroatoms. The fourth-order valence-electron chi connectivity index (χ4n) is 2.15. The van der Waals surface area contributed by atoms with Gasteiger partial charge in [0, 0.05) is 24.3 Å². The highest BCUT2D eigenvalue weighted by molar-refractivity contribution is 6.33. The molecular weight excluding hydrogens is 386 g/mol. The first-order valence-electron chi connectivity index (χ1n) is 7.80. The maximum absolute atomic E-state index is 13.2. The molecule has 0 unspecified atom stereocenters. The van der Waals surface area contributed by atoms with Crippen molar-refractivity contribution in [3.05, 3.63) is 51.5 Å². The Labute approximate surface area is 160 Å². The average molecular weight is 404 g/mol. The molecule has 0 saturated heterocycles. The molecule has 2 aromatic rings. The van der Waals surface area contributed by atoms with Gasteiger partial charge in [-0.05, 0) is 49.7 Å². The summed E-state index contributed by atoms with van der Waals surface area (Å²) in [6, 6.07) is 6.86. The fraction of sp³-hybridized carbons (Fsp3) is 0.278. The van der Waals surface area contributed by atoms with E-state index in [1.54, 1.807) is 25.4 Å². The predicted octanol–water partition coefficient (Wildman–Crippen LogP) is 6.68. The molecule has 0 amide bonds. The van der Waals surface area contributed by atoms with Crippen LogP contribution >= 0.6 is 23.2 Å². The van der Waals surface area contributed by atoms with Crippen molar-refractivity contribution < 1.29 is 13.2 Å². The zero-order valence-corrected chi connectivity index (χ0v) is 16.0. The Hall–Kier alpha value is -1.92. The number of rotatable bonds is 5. The number of aliphatic imine (C=N–C) groups is 1. The van der Waals surface area contributed by atoms with E-state index in [1.807, 2.05) is 18.9 Å². The van der Waals surface area contributed by atoms with E-state index in [4.69, 9.17) is 23.2 Å². The van der Waals surface area contributed by atoms with E-state index in [0.717, 1.165) is 12.6 Å². The van der Waals surface area contributed by atoms with Crippen LogP contribution in [0.2, 0.25) is 10.0 Å². The third kappa shape index (κ3) is 5.05. The van der Waals surface area contributed by atoms with Crippen LogP contribution in [0.1, 0.15) is 18.1 Å². The Morgan fingerprint density at radius 1 is 1.15 bits per heavy atom. The number of nitrogens with one attached hydrogen (secondary N) is 1. The molecule has 0 fully saturated rings. The van der Waals surface area contributed by atoms with E-state index >= 15 is 0 Å². The van der Waals surface area contributed by atoms with E-state index < -0.39 is 11.7 Å². The van der Waals surface area contributed by atoms with E-state index in [1.165, 1.54) is 12.1 Å². The van der Waals surface area contributed by atoms with Gasteiger partial charge in [-0.15, -0.1) is 0 Å². The summed E-state index contributed by atoms with van der Waals surface area (Å²) in [6.45, 7) is 4.54. The highest BCUT2D eigenvalue weighted by atomic mass is 35.5. The number of alkyl halides is 3. The standard InChI is InChI=1S/C18H18Cl2F3N3/c1-4-26(3)10-24-17-7-11(2)16(9-14(17)20)25-15-6-5-12(19)8-13(15)18(21,22)23/h5-10,25H,4H2,1-3H3/b24-10-. The van der Waals surface area contributed by atoms with Crippen LogP contribution in [0.3, 0.4) is 0 Å². The molecule has 0 bridgehead atoms. The van der Waals surface area contributed by atoms with Gasteiger partial charge in [0.1, 0.15) is 0 Å². The summed E-state index contributed by atoms with van der Waals surface area (Å²) in [5.41, 5.74) is 0.784. The second-order valence-electron chi connectivity index (χ2n) is 5.75. The molecule has 0 saturated carbocycles. The van der Waals surface area contributed by atoms with Crippen LogP contribution in [-0.4, -0.2) is 24.8 Å². The molecule has 140 valence electrons. The lowest BCUT2D eigenvalue weighted by Crippen LogP contribution is -2.14. The maximum Gasteiger partial charge on any atom is 0.418 e. The Morgan fingerprint density at radius 3 is 2.46 bits per heavy atom. The largest absolute Gasteiger partial charge is 0.418 e. The summed E-state index contributed by atoms with van der Waals surface area (Å²) < 4.78 is 39.7. The topological polar surface area (TPSA) is 27.6 Å². The summed E-state index contributed by atoms with van der Waals surface area (Å²) in [6.07, 6.45) is -2.88. The quantitative estimate of drug-likeness (QED) is 0.445. The molecule has 2 rings (SSSR count). The van der Waals surface area contributed by atoms with Crippen molar-refractivity contribution in [2.75, 3.05) is 18.9 Å². The molecule has 0 atom stereocenters. The van der Waals surface area contributed by atoms with Crippen LogP contribution in [-0.2, 0) is 6.18 Å². The van der Waals surface area contributed by atoms with Crippen molar-refractivity contribution in [3.63, 3.8) is 0 Å². The van der Waals surface area contributed by atoms with Crippen molar-refractivity contribution in [2.45, 2.75) is 20.0 Å². The number of halogens is 5. The first-order chi connectivity index (χ1) is 12.1. The van der Waals surface area contributed by atoms with Gasteiger partial charge < -0.3 is 10.2 Å². The van der Waals surface area contributed by atoms with Gasteiger partial charge in [-0.1, -0.05) is 23.2 Å². The van der Waals surface area contributed by atoms with Crippen LogP contribution < -0.4 is 5.32 Å². The zero-order valence-electron chi connectivity index (χ0n) is 14.5. The van der Waals surface area contributed by atoms with Crippen LogP contribution in [0.4, 0.5) is 30.2 Å². The summed E-state index contributed by atoms with van der Waals surface area (Å²) in [7, 11) is 1.87. The van der Waals surface area contributed by atoms with E-state index in [0.29, 0.717) is 22.0 Å². The van der Waals surface area contributed by atoms with Crippen molar-refractivity contribution in [1.29, 1.82) is 0 Å². The highest BCUT2D eigenvalue weighted by Gasteiger charge is 2.34. The van der Waals surface area contributed by atoms with E-state index in [9.17, 15) is 13.2 Å². The number of hydrogen-bond acceptors (Lipinski definition) is 2. The van der Waals surface area contributed by atoms with Crippen LogP contribution in [0.5, 0.6) is 0 Å². The molecule has 0 aliphatic carbocycles. The van der Waals surface area contributed by atoms with Crippen molar-refractivity contribution in [1.82, 2.24) is 4.90 Å². The number of aryl methyl sites for hydroxylation is 1. The van der Waals surface area contributed by atoms with Gasteiger partial charge >= 0.3 is 6.18 Å². The molecule has 26 heavy (non-hydrogen) atoms. The molecule has 0 aromatic heterocycles. The minimum absolute atomic E-state index is 0.0161. The number of benzene rings is 2. The molecule has 0 heterocycles. The predicted molar refractivity (Wildman–Crippen MR) is 102 cm³/mol. The summed E-state index contributed by atoms with van der Waals surface area (Å²) >= 11 is 11.9. The highest BCUT2D eigenvalue weighted by Crippen LogP contribution is 2.39. The van der Waals surface area contributed by atoms with Crippen molar-refractivity contribution >= 4 is 46.6 Å². The molecule has 1 N–H and O–H groups in total. The maximum atomic E-state index is 13.2. The lowest BCUT2D eigenvalue weighted by atomic mass is 10.1. The SMILES string of the molecule is CCN(C)/C=N\c1cc(C)c(Nc2ccc(Cl)cc2C(F)(F)F)cc1Cl. The normalized spacial score (nSPS) is 11.8. The minimum atomic E-state index is -4.53. The molecule has 0 aliphatic rings. The van der Waals surface area contributed by atoms with Gasteiger partial charge in [0.2, 0.25) is 0 Å². The Bertz CT molecular complexity index is 820. The summed E-state index contributed by atoms with van der Waals surface area (Å²) in [4.78, 5) is 6.17. The van der Waals surface area contributed by atoms with Gasteiger partial charge in [0.25, 0.3) is 0 Å². The average Bonchev–Trinajstić information content (AvgIpc) is 2.56. The van der Waals surface area contributed by atoms with E-state index in [2.05, 4.69) is 10.3 Å². The van der Waals surface area contributed by atoms with Gasteiger partial charge in [-0.3, -0.25) is 0 Å². The molecule has 0 radical (unpaired) electrons. The number of hydrogen-bond donors (Lipinski definition) is 1. The molecule has 2 aromatic carbocycles. The van der Waals surface area contributed by atoms with Gasteiger partial charge in [0.05, 0.1) is 28.3 Å². The molecule has 3 nitrogen and oxygen atoms in total. The second kappa shape index (κ2) is 8.18. The van der Waals surface area contributed by atoms with Gasteiger partial charge in [0.15, 0.2) is 0 Å². The number of nitrogens with zero attached hydrogens (tertiary/aromatic N) is 2. The third-order valence-corrected chi connectivity index (χ3v) is 4.28.